The first-order valence-electron chi connectivity index (χ1n) is 7.52. The van der Waals surface area contributed by atoms with Gasteiger partial charge in [-0.25, -0.2) is 0 Å². The first-order valence-corrected chi connectivity index (χ1v) is 7.52. The van der Waals surface area contributed by atoms with Crippen LogP contribution in [0.5, 0.6) is 11.5 Å². The van der Waals surface area contributed by atoms with Gasteiger partial charge in [-0.15, -0.1) is 0 Å². The zero-order chi connectivity index (χ0) is 14.4. The van der Waals surface area contributed by atoms with Crippen LogP contribution in [0.3, 0.4) is 0 Å². The van der Waals surface area contributed by atoms with Gasteiger partial charge in [0.2, 0.25) is 0 Å². The van der Waals surface area contributed by atoms with Crippen molar-refractivity contribution in [2.75, 3.05) is 33.3 Å². The third-order valence-electron chi connectivity index (χ3n) is 4.09. The second-order valence-electron chi connectivity index (χ2n) is 5.50. The normalized spacial score (nSPS) is 17.3. The number of aromatic hydroxyl groups is 1. The lowest BCUT2D eigenvalue weighted by Crippen LogP contribution is -2.36. The largest absolute Gasteiger partial charge is 0.504 e. The molecule has 2 N–H and O–H groups in total. The van der Waals surface area contributed by atoms with E-state index in [1.54, 1.807) is 13.2 Å². The Morgan fingerprint density at radius 1 is 1.35 bits per heavy atom. The smallest absolute Gasteiger partial charge is 0.162 e. The number of nitrogens with one attached hydrogen (secondary N) is 1. The minimum Gasteiger partial charge on any atom is -0.504 e. The van der Waals surface area contributed by atoms with Crippen molar-refractivity contribution in [3.05, 3.63) is 23.8 Å². The Morgan fingerprint density at radius 2 is 2.10 bits per heavy atom. The van der Waals surface area contributed by atoms with Gasteiger partial charge in [-0.05, 0) is 51.0 Å². The second-order valence-corrected chi connectivity index (χ2v) is 5.50. The van der Waals surface area contributed by atoms with Crippen molar-refractivity contribution in [2.24, 2.45) is 5.92 Å². The number of para-hydroxylation sites is 1. The molecule has 2 rings (SSSR count). The summed E-state index contributed by atoms with van der Waals surface area (Å²) in [5.74, 6) is 1.64. The molecular weight excluding hydrogens is 252 g/mol. The van der Waals surface area contributed by atoms with Crippen molar-refractivity contribution in [1.29, 1.82) is 0 Å². The number of phenols is 1. The van der Waals surface area contributed by atoms with E-state index in [1.807, 2.05) is 12.1 Å². The van der Waals surface area contributed by atoms with Crippen LogP contribution in [0, 0.1) is 5.92 Å². The molecule has 4 heteroatoms. The van der Waals surface area contributed by atoms with Crippen LogP contribution >= 0.6 is 0 Å². The third-order valence-corrected chi connectivity index (χ3v) is 4.09. The molecule has 1 aliphatic heterocycles. The van der Waals surface area contributed by atoms with Crippen molar-refractivity contribution >= 4 is 0 Å². The number of methoxy groups -OCH3 is 1. The predicted molar refractivity (Wildman–Crippen MR) is 81.2 cm³/mol. The summed E-state index contributed by atoms with van der Waals surface area (Å²) in [6.45, 7) is 7.35. The lowest BCUT2D eigenvalue weighted by Gasteiger charge is -2.32. The Balaban J connectivity index is 1.86. The van der Waals surface area contributed by atoms with Crippen LogP contribution in [0.15, 0.2) is 18.2 Å². The molecule has 0 bridgehead atoms. The van der Waals surface area contributed by atoms with Gasteiger partial charge in [-0.3, -0.25) is 4.90 Å². The van der Waals surface area contributed by atoms with Crippen LogP contribution in [0.2, 0.25) is 0 Å². The quantitative estimate of drug-likeness (QED) is 0.837. The average Bonchev–Trinajstić information content (AvgIpc) is 2.48. The number of piperidine rings is 1. The summed E-state index contributed by atoms with van der Waals surface area (Å²) in [5.41, 5.74) is 0.953. The van der Waals surface area contributed by atoms with Crippen LogP contribution in [0.4, 0.5) is 0 Å². The Kier molecular flexibility index (Phi) is 5.68. The van der Waals surface area contributed by atoms with Gasteiger partial charge in [0.1, 0.15) is 0 Å². The maximum Gasteiger partial charge on any atom is 0.162 e. The van der Waals surface area contributed by atoms with E-state index in [9.17, 15) is 5.11 Å². The van der Waals surface area contributed by atoms with Gasteiger partial charge in [0.15, 0.2) is 11.5 Å². The molecule has 1 heterocycles. The van der Waals surface area contributed by atoms with Crippen molar-refractivity contribution in [2.45, 2.75) is 26.3 Å². The summed E-state index contributed by atoms with van der Waals surface area (Å²) < 4.78 is 5.16. The predicted octanol–water partition coefficient (Wildman–Crippen LogP) is 2.22. The molecule has 1 aromatic rings. The number of nitrogens with zero attached hydrogens (tertiary/aromatic N) is 1. The standard InChI is InChI=1S/C16H26N2O2/c1-3-17-11-13-7-9-18(10-8-13)12-14-5-4-6-15(20-2)16(14)19/h4-6,13,17,19H,3,7-12H2,1-2H3. The fourth-order valence-electron chi connectivity index (χ4n) is 2.80. The molecular formula is C16H26N2O2. The first kappa shape index (κ1) is 15.1. The highest BCUT2D eigenvalue weighted by molar-refractivity contribution is 5.45. The molecule has 0 aliphatic carbocycles. The van der Waals surface area contributed by atoms with E-state index < -0.39 is 0 Å². The maximum atomic E-state index is 10.1. The van der Waals surface area contributed by atoms with E-state index in [0.29, 0.717) is 5.75 Å². The van der Waals surface area contributed by atoms with Gasteiger partial charge in [-0.1, -0.05) is 19.1 Å². The van der Waals surface area contributed by atoms with Crippen LogP contribution < -0.4 is 10.1 Å². The number of hydrogen-bond acceptors (Lipinski definition) is 4. The molecule has 0 spiro atoms. The Bertz CT molecular complexity index is 415. The average molecular weight is 278 g/mol. The molecule has 0 amide bonds. The van der Waals surface area contributed by atoms with Crippen molar-refractivity contribution in [3.63, 3.8) is 0 Å². The van der Waals surface area contributed by atoms with Gasteiger partial charge < -0.3 is 15.2 Å². The summed E-state index contributed by atoms with van der Waals surface area (Å²) in [4.78, 5) is 2.41. The van der Waals surface area contributed by atoms with Crippen LogP contribution in [-0.4, -0.2) is 43.3 Å². The molecule has 4 nitrogen and oxygen atoms in total. The number of likely N-dealkylation sites (tertiary alicyclic amines) is 1. The topological polar surface area (TPSA) is 44.7 Å². The van der Waals surface area contributed by atoms with Crippen molar-refractivity contribution in [3.8, 4) is 11.5 Å². The van der Waals surface area contributed by atoms with Crippen LogP contribution in [-0.2, 0) is 6.54 Å². The Hall–Kier alpha value is -1.26. The molecule has 1 fully saturated rings. The molecule has 1 aromatic carbocycles. The number of phenolic OH excluding ortho intramolecular Hbond substituents is 1. The van der Waals surface area contributed by atoms with E-state index in [2.05, 4.69) is 17.1 Å². The minimum atomic E-state index is 0.282. The molecule has 0 aromatic heterocycles. The molecule has 20 heavy (non-hydrogen) atoms. The second kappa shape index (κ2) is 7.50. The fourth-order valence-corrected chi connectivity index (χ4v) is 2.80. The van der Waals surface area contributed by atoms with E-state index in [4.69, 9.17) is 4.74 Å². The molecule has 0 saturated carbocycles. The SMILES string of the molecule is CCNCC1CCN(Cc2cccc(OC)c2O)CC1. The van der Waals surface area contributed by atoms with E-state index in [1.165, 1.54) is 12.8 Å². The fraction of sp³-hybridized carbons (Fsp3) is 0.625. The molecule has 1 saturated heterocycles. The van der Waals surface area contributed by atoms with Gasteiger partial charge in [0.05, 0.1) is 7.11 Å². The number of hydrogen-bond donors (Lipinski definition) is 2. The van der Waals surface area contributed by atoms with Crippen molar-refractivity contribution in [1.82, 2.24) is 10.2 Å². The molecule has 0 radical (unpaired) electrons. The first-order chi connectivity index (χ1) is 9.74. The zero-order valence-electron chi connectivity index (χ0n) is 12.6. The van der Waals surface area contributed by atoms with Gasteiger partial charge >= 0.3 is 0 Å². The van der Waals surface area contributed by atoms with Gasteiger partial charge in [0.25, 0.3) is 0 Å². The summed E-state index contributed by atoms with van der Waals surface area (Å²) in [6, 6.07) is 5.70. The van der Waals surface area contributed by atoms with Crippen LogP contribution in [0.1, 0.15) is 25.3 Å². The lowest BCUT2D eigenvalue weighted by molar-refractivity contribution is 0.174. The third kappa shape index (κ3) is 3.87. The molecule has 112 valence electrons. The number of benzene rings is 1. The number of rotatable bonds is 6. The Labute approximate surface area is 121 Å². The molecule has 0 unspecified atom stereocenters. The maximum absolute atomic E-state index is 10.1. The van der Waals surface area contributed by atoms with Crippen molar-refractivity contribution < 1.29 is 9.84 Å². The van der Waals surface area contributed by atoms with E-state index in [0.717, 1.165) is 44.2 Å². The molecule has 0 atom stereocenters. The van der Waals surface area contributed by atoms with Crippen LogP contribution in [0.25, 0.3) is 0 Å². The summed E-state index contributed by atoms with van der Waals surface area (Å²) in [7, 11) is 1.59. The van der Waals surface area contributed by atoms with E-state index in [-0.39, 0.29) is 5.75 Å². The highest BCUT2D eigenvalue weighted by Gasteiger charge is 2.20. The molecule has 1 aliphatic rings. The highest BCUT2D eigenvalue weighted by Crippen LogP contribution is 2.31. The van der Waals surface area contributed by atoms with Gasteiger partial charge in [0, 0.05) is 12.1 Å². The minimum absolute atomic E-state index is 0.282. The summed E-state index contributed by atoms with van der Waals surface area (Å²) >= 11 is 0. The summed E-state index contributed by atoms with van der Waals surface area (Å²) in [6.07, 6.45) is 2.47. The highest BCUT2D eigenvalue weighted by atomic mass is 16.5. The monoisotopic (exact) mass is 278 g/mol. The Morgan fingerprint density at radius 3 is 2.75 bits per heavy atom. The lowest BCUT2D eigenvalue weighted by atomic mass is 9.96. The number of ether oxygens (including phenoxy) is 1. The van der Waals surface area contributed by atoms with E-state index >= 15 is 0 Å². The van der Waals surface area contributed by atoms with Gasteiger partial charge in [-0.2, -0.15) is 0 Å². The zero-order valence-corrected chi connectivity index (χ0v) is 12.6. The summed E-state index contributed by atoms with van der Waals surface area (Å²) in [5, 5.41) is 13.6.